The second kappa shape index (κ2) is 5.29. The Bertz CT molecular complexity index is 638. The summed E-state index contributed by atoms with van der Waals surface area (Å²) >= 11 is 6.51. The number of hydrogen-bond acceptors (Lipinski definition) is 6. The normalized spacial score (nSPS) is 10.2. The van der Waals surface area contributed by atoms with Crippen LogP contribution in [0.1, 0.15) is 15.4 Å². The summed E-state index contributed by atoms with van der Waals surface area (Å²) in [5.74, 6) is -0.453. The first-order valence-electron chi connectivity index (χ1n) is 5.02. The quantitative estimate of drug-likeness (QED) is 0.533. The highest BCUT2D eigenvalue weighted by atomic mass is 35.5. The van der Waals surface area contributed by atoms with Gasteiger partial charge in [-0.3, -0.25) is 20.2 Å². The Hall–Kier alpha value is -2.06. The number of amides is 1. The van der Waals surface area contributed by atoms with E-state index in [-0.39, 0.29) is 21.0 Å². The lowest BCUT2D eigenvalue weighted by Crippen LogP contribution is -2.13. The number of anilines is 1. The monoisotopic (exact) mass is 298 g/mol. The Balaban J connectivity index is 2.18. The van der Waals surface area contributed by atoms with Crippen LogP contribution in [0.4, 0.5) is 10.9 Å². The molecular formula is C10H7ClN4O3S. The minimum absolute atomic E-state index is 0.0612. The van der Waals surface area contributed by atoms with E-state index in [1.54, 1.807) is 13.0 Å². The van der Waals surface area contributed by atoms with Crippen LogP contribution in [-0.2, 0) is 0 Å². The van der Waals surface area contributed by atoms with Gasteiger partial charge >= 0.3 is 5.00 Å². The van der Waals surface area contributed by atoms with Gasteiger partial charge in [-0.2, -0.15) is 0 Å². The number of rotatable bonds is 3. The van der Waals surface area contributed by atoms with Crippen LogP contribution >= 0.6 is 22.9 Å². The van der Waals surface area contributed by atoms with E-state index in [0.717, 1.165) is 11.3 Å². The number of thiophene rings is 1. The number of aryl methyl sites for hydroxylation is 1. The molecule has 9 heteroatoms. The fourth-order valence-electron chi connectivity index (χ4n) is 1.30. The van der Waals surface area contributed by atoms with Crippen molar-refractivity contribution in [3.8, 4) is 0 Å². The molecule has 0 aliphatic rings. The van der Waals surface area contributed by atoms with Gasteiger partial charge in [0.05, 0.1) is 9.80 Å². The third kappa shape index (κ3) is 3.24. The minimum atomic E-state index is -0.554. The Morgan fingerprint density at radius 1 is 1.47 bits per heavy atom. The van der Waals surface area contributed by atoms with Crippen molar-refractivity contribution in [3.63, 3.8) is 0 Å². The average molecular weight is 299 g/mol. The van der Waals surface area contributed by atoms with E-state index in [1.165, 1.54) is 12.1 Å². The molecule has 1 N–H and O–H groups in total. The smallest absolute Gasteiger partial charge is 0.290 e. The molecule has 0 spiro atoms. The lowest BCUT2D eigenvalue weighted by Gasteiger charge is -2.02. The van der Waals surface area contributed by atoms with Gasteiger partial charge in [-0.15, -0.1) is 0 Å². The third-order valence-electron chi connectivity index (χ3n) is 2.04. The van der Waals surface area contributed by atoms with Crippen LogP contribution in [0.5, 0.6) is 0 Å². The number of halogens is 1. The molecular weight excluding hydrogens is 292 g/mol. The van der Waals surface area contributed by atoms with E-state index in [0.29, 0.717) is 5.69 Å². The summed E-state index contributed by atoms with van der Waals surface area (Å²) in [6, 6.07) is 4.19. The third-order valence-corrected chi connectivity index (χ3v) is 3.27. The van der Waals surface area contributed by atoms with Crippen molar-refractivity contribution < 1.29 is 9.72 Å². The molecule has 0 atom stereocenters. The van der Waals surface area contributed by atoms with E-state index in [4.69, 9.17) is 11.6 Å². The van der Waals surface area contributed by atoms with Crippen LogP contribution in [0.25, 0.3) is 0 Å². The van der Waals surface area contributed by atoms with Crippen LogP contribution in [-0.4, -0.2) is 20.8 Å². The molecule has 98 valence electrons. The topological polar surface area (TPSA) is 98.0 Å². The Labute approximate surface area is 116 Å². The molecule has 0 saturated heterocycles. The summed E-state index contributed by atoms with van der Waals surface area (Å²) < 4.78 is 0. The van der Waals surface area contributed by atoms with E-state index < -0.39 is 10.8 Å². The van der Waals surface area contributed by atoms with Gasteiger partial charge in [0.15, 0.2) is 0 Å². The van der Waals surface area contributed by atoms with E-state index in [2.05, 4.69) is 15.3 Å². The van der Waals surface area contributed by atoms with E-state index in [9.17, 15) is 14.9 Å². The van der Waals surface area contributed by atoms with Crippen molar-refractivity contribution in [1.29, 1.82) is 0 Å². The van der Waals surface area contributed by atoms with Gasteiger partial charge in [0, 0.05) is 11.8 Å². The largest absolute Gasteiger partial charge is 0.324 e. The molecule has 0 unspecified atom stereocenters. The maximum absolute atomic E-state index is 11.8. The number of nitrogens with zero attached hydrogens (tertiary/aromatic N) is 3. The molecule has 0 fully saturated rings. The first-order valence-corrected chi connectivity index (χ1v) is 6.22. The highest BCUT2D eigenvalue weighted by molar-refractivity contribution is 7.17. The average Bonchev–Trinajstić information content (AvgIpc) is 2.76. The number of nitrogens with one attached hydrogen (secondary N) is 1. The molecule has 0 aromatic carbocycles. The Morgan fingerprint density at radius 3 is 2.79 bits per heavy atom. The number of aromatic nitrogens is 2. The molecule has 0 radical (unpaired) electrons. The van der Waals surface area contributed by atoms with Gasteiger partial charge < -0.3 is 0 Å². The van der Waals surface area contributed by atoms with Crippen molar-refractivity contribution >= 4 is 39.8 Å². The summed E-state index contributed by atoms with van der Waals surface area (Å²) in [6.45, 7) is 1.71. The Morgan fingerprint density at radius 2 is 2.21 bits per heavy atom. The van der Waals surface area contributed by atoms with E-state index >= 15 is 0 Å². The maximum Gasteiger partial charge on any atom is 0.324 e. The first-order chi connectivity index (χ1) is 8.95. The predicted molar refractivity (Wildman–Crippen MR) is 70.7 cm³/mol. The summed E-state index contributed by atoms with van der Waals surface area (Å²) in [5, 5.41) is 13.1. The van der Waals surface area contributed by atoms with E-state index in [1.807, 2.05) is 0 Å². The summed E-state index contributed by atoms with van der Waals surface area (Å²) in [5.41, 5.74) is 0.604. The summed E-state index contributed by atoms with van der Waals surface area (Å²) in [4.78, 5) is 29.8. The SMILES string of the molecule is Cc1cc(Cl)nc(NC(=O)c2ccc([N+](=O)[O-])s2)n1. The second-order valence-electron chi connectivity index (χ2n) is 3.50. The van der Waals surface area contributed by atoms with Crippen molar-refractivity contribution in [2.75, 3.05) is 5.32 Å². The molecule has 2 rings (SSSR count). The van der Waals surface area contributed by atoms with Gasteiger partial charge in [0.25, 0.3) is 5.91 Å². The highest BCUT2D eigenvalue weighted by Crippen LogP contribution is 2.24. The molecule has 1 amide bonds. The molecule has 2 aromatic heterocycles. The lowest BCUT2D eigenvalue weighted by molar-refractivity contribution is -0.380. The molecule has 2 aromatic rings. The fourth-order valence-corrected chi connectivity index (χ4v) is 2.25. The molecule has 19 heavy (non-hydrogen) atoms. The van der Waals surface area contributed by atoms with Crippen LogP contribution in [0.2, 0.25) is 5.15 Å². The number of carbonyl (C=O) groups is 1. The molecule has 0 saturated carbocycles. The van der Waals surface area contributed by atoms with Crippen LogP contribution < -0.4 is 5.32 Å². The van der Waals surface area contributed by atoms with Crippen LogP contribution in [0, 0.1) is 17.0 Å². The maximum atomic E-state index is 11.8. The van der Waals surface area contributed by atoms with Gasteiger partial charge in [-0.25, -0.2) is 9.97 Å². The zero-order valence-corrected chi connectivity index (χ0v) is 11.2. The lowest BCUT2D eigenvalue weighted by atomic mass is 10.4. The van der Waals surface area contributed by atoms with Gasteiger partial charge in [-0.1, -0.05) is 22.9 Å². The number of carbonyl (C=O) groups excluding carboxylic acids is 1. The number of hydrogen-bond donors (Lipinski definition) is 1. The molecule has 2 heterocycles. The van der Waals surface area contributed by atoms with Crippen molar-refractivity contribution in [2.45, 2.75) is 6.92 Å². The van der Waals surface area contributed by atoms with Crippen molar-refractivity contribution in [2.24, 2.45) is 0 Å². The second-order valence-corrected chi connectivity index (χ2v) is 4.95. The zero-order valence-electron chi connectivity index (χ0n) is 9.58. The molecule has 0 bridgehead atoms. The summed E-state index contributed by atoms with van der Waals surface area (Å²) in [6.07, 6.45) is 0. The number of nitro groups is 1. The molecule has 0 aliphatic heterocycles. The zero-order chi connectivity index (χ0) is 14.0. The van der Waals surface area contributed by atoms with Gasteiger partial charge in [-0.05, 0) is 19.1 Å². The fraction of sp³-hybridized carbons (Fsp3) is 0.100. The summed E-state index contributed by atoms with van der Waals surface area (Å²) in [7, 11) is 0. The van der Waals surface area contributed by atoms with Gasteiger partial charge in [0.1, 0.15) is 5.15 Å². The molecule has 0 aliphatic carbocycles. The highest BCUT2D eigenvalue weighted by Gasteiger charge is 2.16. The van der Waals surface area contributed by atoms with Crippen LogP contribution in [0.15, 0.2) is 18.2 Å². The first kappa shape index (κ1) is 13.4. The molecule has 7 nitrogen and oxygen atoms in total. The van der Waals surface area contributed by atoms with Gasteiger partial charge in [0.2, 0.25) is 5.95 Å². The standard InChI is InChI=1S/C10H7ClN4O3S/c1-5-4-7(11)13-10(12-5)14-9(16)6-2-3-8(19-6)15(17)18/h2-4H,1H3,(H,12,13,14,16). The minimum Gasteiger partial charge on any atom is -0.290 e. The van der Waals surface area contributed by atoms with Crippen LogP contribution in [0.3, 0.4) is 0 Å². The van der Waals surface area contributed by atoms with Crippen molar-refractivity contribution in [3.05, 3.63) is 44.0 Å². The predicted octanol–water partition coefficient (Wildman–Crippen LogP) is 2.66. The Kier molecular flexibility index (Phi) is 3.72. The van der Waals surface area contributed by atoms with Crippen molar-refractivity contribution in [1.82, 2.24) is 9.97 Å².